The molecule has 322 valence electrons. The van der Waals surface area contributed by atoms with Crippen LogP contribution in [0.3, 0.4) is 0 Å². The molecule has 0 atom stereocenters. The number of hydrogen-bond acceptors (Lipinski definition) is 3. The lowest BCUT2D eigenvalue weighted by Crippen LogP contribution is -2.27. The lowest BCUT2D eigenvalue weighted by atomic mass is 9.68. The van der Waals surface area contributed by atoms with Gasteiger partial charge in [-0.25, -0.2) is 4.98 Å². The van der Waals surface area contributed by atoms with Crippen LogP contribution in [0.5, 0.6) is 0 Å². The van der Waals surface area contributed by atoms with Gasteiger partial charge in [-0.05, 0) is 98.8 Å². The molecule has 1 spiro atoms. The van der Waals surface area contributed by atoms with Gasteiger partial charge in [-0.15, -0.1) is 0 Å². The highest BCUT2D eigenvalue weighted by Crippen LogP contribution is 2.63. The van der Waals surface area contributed by atoms with E-state index >= 15 is 0 Å². The number of fused-ring (bicyclic) bond motifs is 16. The molecule has 5 heteroatoms. The minimum absolute atomic E-state index is 0.416. The predicted molar refractivity (Wildman–Crippen MR) is 282 cm³/mol. The van der Waals surface area contributed by atoms with Gasteiger partial charge >= 0.3 is 0 Å². The van der Waals surface area contributed by atoms with Crippen LogP contribution in [-0.4, -0.2) is 24.1 Å². The summed E-state index contributed by atoms with van der Waals surface area (Å²) in [6.45, 7) is 0. The third kappa shape index (κ3) is 5.33. The van der Waals surface area contributed by atoms with Crippen LogP contribution >= 0.6 is 0 Å². The van der Waals surface area contributed by atoms with Crippen LogP contribution in [0.2, 0.25) is 0 Å². The van der Waals surface area contributed by atoms with Crippen LogP contribution in [0, 0.1) is 0 Å². The van der Waals surface area contributed by atoms with Crippen molar-refractivity contribution >= 4 is 49.2 Å². The van der Waals surface area contributed by atoms with Crippen LogP contribution in [-0.2, 0) is 5.41 Å². The van der Waals surface area contributed by atoms with E-state index in [0.29, 0.717) is 17.6 Å². The lowest BCUT2D eigenvalue weighted by Gasteiger charge is -2.33. The summed E-state index contributed by atoms with van der Waals surface area (Å²) in [5.74, 6) is 1.82. The lowest BCUT2D eigenvalue weighted by molar-refractivity contribution is 0.714. The second kappa shape index (κ2) is 14.5. The van der Waals surface area contributed by atoms with Gasteiger partial charge in [-0.1, -0.05) is 194 Å². The fourth-order valence-electron chi connectivity index (χ4n) is 12.3. The topological polar surface area (TPSA) is 48.5 Å². The fourth-order valence-corrected chi connectivity index (χ4v) is 12.3. The first-order valence-corrected chi connectivity index (χ1v) is 23.9. The van der Waals surface area contributed by atoms with Crippen molar-refractivity contribution in [2.24, 2.45) is 0 Å². The first kappa shape index (κ1) is 38.2. The fraction of sp³-hybridized carbons (Fsp3) is 0.0469. The quantitative estimate of drug-likeness (QED) is 0.173. The number of aromatic nitrogens is 5. The highest BCUT2D eigenvalue weighted by atomic mass is 15.2. The van der Waals surface area contributed by atoms with Crippen LogP contribution in [0.25, 0.3) is 106 Å². The molecule has 0 saturated carbocycles. The van der Waals surface area contributed by atoms with Crippen LogP contribution in [0.15, 0.2) is 230 Å². The van der Waals surface area contributed by atoms with E-state index in [0.717, 1.165) is 73.4 Å². The van der Waals surface area contributed by atoms with E-state index in [2.05, 4.69) is 228 Å². The molecule has 15 rings (SSSR count). The van der Waals surface area contributed by atoms with Gasteiger partial charge in [0.05, 0.1) is 27.5 Å². The Morgan fingerprint density at radius 1 is 0.391 bits per heavy atom. The summed E-state index contributed by atoms with van der Waals surface area (Å²) >= 11 is 0. The molecule has 0 unspecified atom stereocenters. The molecule has 12 aromatic rings. The number of rotatable bonds is 5. The third-order valence-electron chi connectivity index (χ3n) is 15.1. The maximum atomic E-state index is 5.61. The Labute approximate surface area is 398 Å². The molecule has 0 radical (unpaired) electrons. The molecule has 3 heterocycles. The molecule has 3 aromatic heterocycles. The molecule has 0 N–H and O–H groups in total. The molecular formula is C64H41N5. The van der Waals surface area contributed by atoms with E-state index in [4.69, 9.17) is 15.0 Å². The number of nitrogens with zero attached hydrogens (tertiary/aromatic N) is 5. The molecule has 0 saturated heterocycles. The van der Waals surface area contributed by atoms with E-state index in [1.54, 1.807) is 0 Å². The Bertz CT molecular complexity index is 4140. The minimum atomic E-state index is -0.416. The van der Waals surface area contributed by atoms with Gasteiger partial charge in [0.2, 0.25) is 5.95 Å². The molecule has 3 aliphatic carbocycles. The van der Waals surface area contributed by atoms with E-state index in [1.807, 2.05) is 6.07 Å². The Hall–Kier alpha value is -8.93. The van der Waals surface area contributed by atoms with Crippen molar-refractivity contribution < 1.29 is 0 Å². The van der Waals surface area contributed by atoms with E-state index in [1.165, 1.54) is 55.5 Å². The number of allylic oxidation sites excluding steroid dienone is 4. The first-order chi connectivity index (χ1) is 34.2. The summed E-state index contributed by atoms with van der Waals surface area (Å²) in [6, 6.07) is 77.0. The molecule has 9 aromatic carbocycles. The standard InChI is InChI=1S/C64H41N5/c1-3-18-40(19-4-1)42-22-17-23-44(38-42)68-57-32-15-10-27-49(57)51-36-37-52-50-28-11-16-33-58(50)69(60(52)59(51)68)63-66-61(41-20-5-2-6-21-41)65-62(67-63)43-34-35-48-47-26-9-14-31-55(47)64(56(48)39-43)53-29-12-7-24-45(53)46-25-8-13-30-54(46)64/h1-13,15-30,32-39H,14,31H2. The van der Waals surface area contributed by atoms with Gasteiger partial charge in [0.1, 0.15) is 0 Å². The average molecular weight is 880 g/mol. The van der Waals surface area contributed by atoms with Crippen LogP contribution < -0.4 is 0 Å². The van der Waals surface area contributed by atoms with Crippen molar-refractivity contribution in [1.29, 1.82) is 0 Å². The van der Waals surface area contributed by atoms with Gasteiger partial charge in [0.25, 0.3) is 0 Å². The zero-order valence-corrected chi connectivity index (χ0v) is 37.5. The summed E-state index contributed by atoms with van der Waals surface area (Å²) in [7, 11) is 0. The molecule has 0 fully saturated rings. The second-order valence-electron chi connectivity index (χ2n) is 18.6. The first-order valence-electron chi connectivity index (χ1n) is 23.9. The number of para-hydroxylation sites is 2. The van der Waals surface area contributed by atoms with Crippen molar-refractivity contribution in [3.05, 3.63) is 252 Å². The highest BCUT2D eigenvalue weighted by Gasteiger charge is 2.52. The van der Waals surface area contributed by atoms with Crippen molar-refractivity contribution in [2.75, 3.05) is 0 Å². The normalized spacial score (nSPS) is 14.3. The molecule has 0 amide bonds. The Morgan fingerprint density at radius 3 is 1.68 bits per heavy atom. The maximum Gasteiger partial charge on any atom is 0.238 e. The van der Waals surface area contributed by atoms with Gasteiger partial charge in [-0.2, -0.15) is 9.97 Å². The van der Waals surface area contributed by atoms with Crippen molar-refractivity contribution in [2.45, 2.75) is 18.3 Å². The maximum absolute atomic E-state index is 5.61. The SMILES string of the molecule is C1=CC2=C(CC1)C1(c3cc(-c4nc(-c5ccccc5)nc(-n5c6ccccc6c6ccc7c8ccccc8n(-c8cccc(-c9ccccc9)c8)c7c65)n4)ccc32)c2ccccc2-c2ccccc21. The van der Waals surface area contributed by atoms with Gasteiger partial charge in [-0.3, -0.25) is 4.57 Å². The zero-order valence-electron chi connectivity index (χ0n) is 37.5. The molecule has 3 aliphatic rings. The van der Waals surface area contributed by atoms with E-state index < -0.39 is 5.41 Å². The predicted octanol–water partition coefficient (Wildman–Crippen LogP) is 15.5. The summed E-state index contributed by atoms with van der Waals surface area (Å²) in [5.41, 5.74) is 19.9. The van der Waals surface area contributed by atoms with Gasteiger partial charge < -0.3 is 4.57 Å². The summed E-state index contributed by atoms with van der Waals surface area (Å²) in [6.07, 6.45) is 6.73. The summed E-state index contributed by atoms with van der Waals surface area (Å²) in [4.78, 5) is 16.5. The monoisotopic (exact) mass is 879 g/mol. The van der Waals surface area contributed by atoms with Gasteiger partial charge in [0, 0.05) is 38.4 Å². The molecule has 5 nitrogen and oxygen atoms in total. The number of benzene rings is 9. The molecule has 0 bridgehead atoms. The highest BCUT2D eigenvalue weighted by molar-refractivity contribution is 6.23. The van der Waals surface area contributed by atoms with Gasteiger partial charge in [0.15, 0.2) is 11.6 Å². The number of hydrogen-bond donors (Lipinski definition) is 0. The Kier molecular flexibility index (Phi) is 8.05. The second-order valence-corrected chi connectivity index (χ2v) is 18.6. The van der Waals surface area contributed by atoms with Crippen LogP contribution in [0.4, 0.5) is 0 Å². The summed E-state index contributed by atoms with van der Waals surface area (Å²) < 4.78 is 4.74. The molecular weight excluding hydrogens is 839 g/mol. The van der Waals surface area contributed by atoms with Crippen LogP contribution in [0.1, 0.15) is 35.1 Å². The minimum Gasteiger partial charge on any atom is -0.307 e. The smallest absolute Gasteiger partial charge is 0.238 e. The third-order valence-corrected chi connectivity index (χ3v) is 15.1. The molecule has 0 aliphatic heterocycles. The zero-order chi connectivity index (χ0) is 45.2. The van der Waals surface area contributed by atoms with Crippen molar-refractivity contribution in [3.63, 3.8) is 0 Å². The largest absolute Gasteiger partial charge is 0.307 e. The van der Waals surface area contributed by atoms with Crippen molar-refractivity contribution in [3.8, 4) is 56.7 Å². The summed E-state index contributed by atoms with van der Waals surface area (Å²) in [5, 5.41) is 4.62. The average Bonchev–Trinajstić information content (AvgIpc) is 4.13. The Morgan fingerprint density at radius 2 is 0.971 bits per heavy atom. The molecule has 69 heavy (non-hydrogen) atoms. The van der Waals surface area contributed by atoms with E-state index in [9.17, 15) is 0 Å². The Balaban J connectivity index is 1.02. The van der Waals surface area contributed by atoms with Crippen molar-refractivity contribution in [1.82, 2.24) is 24.1 Å². The van der Waals surface area contributed by atoms with E-state index in [-0.39, 0.29) is 0 Å².